The number of anilines is 3. The zero-order valence-electron chi connectivity index (χ0n) is 16.7. The molecule has 7 heteroatoms. The Balaban J connectivity index is 1.78. The predicted molar refractivity (Wildman–Crippen MR) is 117 cm³/mol. The molecule has 0 atom stereocenters. The molecule has 0 aliphatic carbocycles. The van der Waals surface area contributed by atoms with Crippen LogP contribution in [0.3, 0.4) is 0 Å². The van der Waals surface area contributed by atoms with Gasteiger partial charge in [0, 0.05) is 54.0 Å². The van der Waals surface area contributed by atoms with E-state index in [-0.39, 0.29) is 5.91 Å². The van der Waals surface area contributed by atoms with Crippen molar-refractivity contribution in [2.24, 2.45) is 0 Å². The molecule has 0 bridgehead atoms. The number of hydrogen-bond acceptors (Lipinski definition) is 6. The summed E-state index contributed by atoms with van der Waals surface area (Å²) in [5.74, 6) is 1.21. The van der Waals surface area contributed by atoms with Gasteiger partial charge in [-0.05, 0) is 42.0 Å². The number of nitrogens with one attached hydrogen (secondary N) is 2. The summed E-state index contributed by atoms with van der Waals surface area (Å²) in [4.78, 5) is 15.6. The van der Waals surface area contributed by atoms with Gasteiger partial charge in [-0.3, -0.25) is 9.78 Å². The molecule has 0 aliphatic heterocycles. The van der Waals surface area contributed by atoms with Gasteiger partial charge in [0.15, 0.2) is 5.82 Å². The number of fused-ring (bicyclic) bond motifs is 1. The molecule has 2 heterocycles. The molecule has 0 fully saturated rings. The van der Waals surface area contributed by atoms with Gasteiger partial charge in [0.2, 0.25) is 5.91 Å². The van der Waals surface area contributed by atoms with Gasteiger partial charge in [-0.25, -0.2) is 0 Å². The van der Waals surface area contributed by atoms with E-state index in [1.807, 2.05) is 54.6 Å². The van der Waals surface area contributed by atoms with Crippen LogP contribution in [0.4, 0.5) is 17.2 Å². The molecule has 2 N–H and O–H groups in total. The van der Waals surface area contributed by atoms with Crippen molar-refractivity contribution in [3.8, 4) is 5.75 Å². The van der Waals surface area contributed by atoms with Gasteiger partial charge < -0.3 is 15.4 Å². The van der Waals surface area contributed by atoms with Crippen LogP contribution in [-0.2, 0) is 11.2 Å². The first-order valence-electron chi connectivity index (χ1n) is 9.49. The van der Waals surface area contributed by atoms with Gasteiger partial charge in [0.05, 0.1) is 12.8 Å². The lowest BCUT2D eigenvalue weighted by molar-refractivity contribution is -0.114. The molecule has 0 saturated carbocycles. The Kier molecular flexibility index (Phi) is 5.52. The molecule has 7 nitrogen and oxygen atoms in total. The van der Waals surface area contributed by atoms with E-state index in [1.54, 1.807) is 19.5 Å². The topological polar surface area (TPSA) is 89.0 Å². The Morgan fingerprint density at radius 3 is 2.57 bits per heavy atom. The van der Waals surface area contributed by atoms with Crippen molar-refractivity contribution in [3.63, 3.8) is 0 Å². The first kappa shape index (κ1) is 19.3. The van der Waals surface area contributed by atoms with Gasteiger partial charge >= 0.3 is 0 Å². The summed E-state index contributed by atoms with van der Waals surface area (Å²) in [5, 5.41) is 16.9. The maximum atomic E-state index is 11.5. The van der Waals surface area contributed by atoms with Crippen molar-refractivity contribution in [1.29, 1.82) is 0 Å². The molecule has 2 aromatic carbocycles. The van der Waals surface area contributed by atoms with Crippen molar-refractivity contribution in [1.82, 2.24) is 15.2 Å². The molecule has 0 radical (unpaired) electrons. The smallest absolute Gasteiger partial charge is 0.221 e. The Bertz CT molecular complexity index is 1190. The largest absolute Gasteiger partial charge is 0.497 e. The normalized spacial score (nSPS) is 10.6. The van der Waals surface area contributed by atoms with E-state index in [0.29, 0.717) is 17.9 Å². The van der Waals surface area contributed by atoms with Crippen LogP contribution in [0.15, 0.2) is 67.0 Å². The number of ether oxygens (including phenoxy) is 1. The lowest BCUT2D eigenvalue weighted by Crippen LogP contribution is -2.07. The van der Waals surface area contributed by atoms with Crippen LogP contribution < -0.4 is 15.4 Å². The van der Waals surface area contributed by atoms with Crippen molar-refractivity contribution < 1.29 is 9.53 Å². The molecule has 0 saturated heterocycles. The average Bonchev–Trinajstić information content (AvgIpc) is 2.76. The van der Waals surface area contributed by atoms with Crippen LogP contribution in [0.25, 0.3) is 10.8 Å². The fourth-order valence-electron chi connectivity index (χ4n) is 3.25. The fraction of sp³-hybridized carbons (Fsp3) is 0.130. The number of hydrogen-bond donors (Lipinski definition) is 2. The SMILES string of the molecule is COc1cccc(Nc2nnc(Cc3ccncc3)c3ccc(NC(C)=O)cc23)c1. The summed E-state index contributed by atoms with van der Waals surface area (Å²) in [5.41, 5.74) is 3.48. The van der Waals surface area contributed by atoms with Crippen LogP contribution in [0, 0.1) is 0 Å². The van der Waals surface area contributed by atoms with Crippen LogP contribution in [0.5, 0.6) is 5.75 Å². The highest BCUT2D eigenvalue weighted by Gasteiger charge is 2.12. The molecular formula is C23H21N5O2. The summed E-state index contributed by atoms with van der Waals surface area (Å²) < 4.78 is 5.30. The zero-order valence-corrected chi connectivity index (χ0v) is 16.7. The summed E-state index contributed by atoms with van der Waals surface area (Å²) in [6, 6.07) is 17.3. The quantitative estimate of drug-likeness (QED) is 0.502. The Hall–Kier alpha value is -4.00. The number of methoxy groups -OCH3 is 1. The van der Waals surface area contributed by atoms with Gasteiger partial charge in [0.1, 0.15) is 5.75 Å². The first-order valence-corrected chi connectivity index (χ1v) is 9.49. The second kappa shape index (κ2) is 8.57. The number of rotatable bonds is 6. The molecule has 30 heavy (non-hydrogen) atoms. The summed E-state index contributed by atoms with van der Waals surface area (Å²) in [7, 11) is 1.63. The van der Waals surface area contributed by atoms with Crippen molar-refractivity contribution in [2.45, 2.75) is 13.3 Å². The highest BCUT2D eigenvalue weighted by molar-refractivity contribution is 5.99. The average molecular weight is 399 g/mol. The van der Waals surface area contributed by atoms with Crippen LogP contribution in [0.2, 0.25) is 0 Å². The van der Waals surface area contributed by atoms with E-state index in [4.69, 9.17) is 4.74 Å². The van der Waals surface area contributed by atoms with E-state index in [2.05, 4.69) is 25.8 Å². The Labute approximate surface area is 174 Å². The Morgan fingerprint density at radius 2 is 1.80 bits per heavy atom. The summed E-state index contributed by atoms with van der Waals surface area (Å²) in [6.45, 7) is 1.49. The third-order valence-corrected chi connectivity index (χ3v) is 4.63. The standard InChI is InChI=1S/C23H21N5O2/c1-15(29)25-18-6-7-20-21(14-18)23(26-17-4-3-5-19(13-17)30-2)28-27-22(20)12-16-8-10-24-11-9-16/h3-11,13-14H,12H2,1-2H3,(H,25,29)(H,26,28). The summed E-state index contributed by atoms with van der Waals surface area (Å²) >= 11 is 0. The maximum absolute atomic E-state index is 11.5. The zero-order chi connectivity index (χ0) is 20.9. The fourth-order valence-corrected chi connectivity index (χ4v) is 3.25. The summed E-state index contributed by atoms with van der Waals surface area (Å²) in [6.07, 6.45) is 4.15. The lowest BCUT2D eigenvalue weighted by Gasteiger charge is -2.13. The molecule has 2 aromatic heterocycles. The molecule has 150 valence electrons. The molecule has 0 spiro atoms. The minimum atomic E-state index is -0.129. The number of amides is 1. The molecular weight excluding hydrogens is 378 g/mol. The van der Waals surface area contributed by atoms with Gasteiger partial charge in [-0.1, -0.05) is 12.1 Å². The van der Waals surface area contributed by atoms with E-state index >= 15 is 0 Å². The second-order valence-electron chi connectivity index (χ2n) is 6.83. The number of nitrogens with zero attached hydrogens (tertiary/aromatic N) is 3. The highest BCUT2D eigenvalue weighted by Crippen LogP contribution is 2.30. The second-order valence-corrected chi connectivity index (χ2v) is 6.83. The number of carbonyl (C=O) groups excluding carboxylic acids is 1. The van der Waals surface area contributed by atoms with Crippen molar-refractivity contribution >= 4 is 33.9 Å². The highest BCUT2D eigenvalue weighted by atomic mass is 16.5. The predicted octanol–water partition coefficient (Wildman–Crippen LogP) is 4.33. The minimum absolute atomic E-state index is 0.129. The van der Waals surface area contributed by atoms with E-state index in [1.165, 1.54) is 6.92 Å². The number of benzene rings is 2. The van der Waals surface area contributed by atoms with Crippen LogP contribution in [0.1, 0.15) is 18.2 Å². The number of aromatic nitrogens is 3. The Morgan fingerprint density at radius 1 is 0.967 bits per heavy atom. The van der Waals surface area contributed by atoms with Gasteiger partial charge in [-0.2, -0.15) is 5.10 Å². The van der Waals surface area contributed by atoms with Crippen molar-refractivity contribution in [2.75, 3.05) is 17.7 Å². The van der Waals surface area contributed by atoms with Gasteiger partial charge in [-0.15, -0.1) is 5.10 Å². The first-order chi connectivity index (χ1) is 14.6. The molecule has 4 aromatic rings. The number of pyridine rings is 1. The number of carbonyl (C=O) groups is 1. The van der Waals surface area contributed by atoms with E-state index < -0.39 is 0 Å². The van der Waals surface area contributed by atoms with Gasteiger partial charge in [0.25, 0.3) is 0 Å². The maximum Gasteiger partial charge on any atom is 0.221 e. The molecule has 0 unspecified atom stereocenters. The van der Waals surface area contributed by atoms with E-state index in [0.717, 1.165) is 33.5 Å². The lowest BCUT2D eigenvalue weighted by atomic mass is 10.0. The van der Waals surface area contributed by atoms with Crippen molar-refractivity contribution in [3.05, 3.63) is 78.2 Å². The third-order valence-electron chi connectivity index (χ3n) is 4.63. The van der Waals surface area contributed by atoms with E-state index in [9.17, 15) is 4.79 Å². The monoisotopic (exact) mass is 399 g/mol. The molecule has 4 rings (SSSR count). The van der Waals surface area contributed by atoms with Crippen LogP contribution >= 0.6 is 0 Å². The minimum Gasteiger partial charge on any atom is -0.497 e. The third kappa shape index (κ3) is 4.35. The molecule has 0 aliphatic rings. The molecule has 1 amide bonds. The van der Waals surface area contributed by atoms with Crippen LogP contribution in [-0.4, -0.2) is 28.2 Å².